The molecule has 1 heterocycles. The Hall–Kier alpha value is -1.36. The lowest BCUT2D eigenvalue weighted by Gasteiger charge is -2.14. The molecule has 0 radical (unpaired) electrons. The van der Waals surface area contributed by atoms with Gasteiger partial charge in [-0.05, 0) is 26.3 Å². The number of rotatable bonds is 5. The predicted octanol–water partition coefficient (Wildman–Crippen LogP) is 0.387. The molecule has 90 valence electrons. The van der Waals surface area contributed by atoms with Crippen molar-refractivity contribution in [1.82, 2.24) is 15.1 Å². The number of hydrogen-bond donors (Lipinski definition) is 2. The Kier molecular flexibility index (Phi) is 4.49. The first kappa shape index (κ1) is 12.7. The molecule has 0 aromatic carbocycles. The molecule has 5 heteroatoms. The molecular weight excluding hydrogens is 206 g/mol. The molecule has 0 bridgehead atoms. The zero-order chi connectivity index (χ0) is 12.1. The monoisotopic (exact) mass is 225 g/mol. The van der Waals surface area contributed by atoms with E-state index in [1.165, 1.54) is 0 Å². The van der Waals surface area contributed by atoms with Crippen LogP contribution in [0.2, 0.25) is 0 Å². The molecule has 5 nitrogen and oxygen atoms in total. The van der Waals surface area contributed by atoms with E-state index in [2.05, 4.69) is 10.4 Å². The van der Waals surface area contributed by atoms with Crippen LogP contribution in [-0.2, 0) is 11.3 Å². The van der Waals surface area contributed by atoms with Crippen LogP contribution in [0.5, 0.6) is 0 Å². The van der Waals surface area contributed by atoms with Crippen molar-refractivity contribution in [3.8, 4) is 0 Å². The van der Waals surface area contributed by atoms with Gasteiger partial charge >= 0.3 is 0 Å². The third-order valence-corrected chi connectivity index (χ3v) is 2.48. The molecule has 2 N–H and O–H groups in total. The Morgan fingerprint density at radius 3 is 2.75 bits per heavy atom. The van der Waals surface area contributed by atoms with Crippen molar-refractivity contribution in [1.29, 1.82) is 0 Å². The fraction of sp³-hybridized carbons (Fsp3) is 0.636. The maximum Gasteiger partial charge on any atom is 0.242 e. The summed E-state index contributed by atoms with van der Waals surface area (Å²) in [5.41, 5.74) is 1.86. The number of nitrogens with zero attached hydrogens (tertiary/aromatic N) is 2. The molecular formula is C11H19N3O2. The second-order valence-electron chi connectivity index (χ2n) is 3.94. The quantitative estimate of drug-likeness (QED) is 0.761. The van der Waals surface area contributed by atoms with Crippen LogP contribution in [0.4, 0.5) is 0 Å². The van der Waals surface area contributed by atoms with Crippen LogP contribution in [-0.4, -0.2) is 33.4 Å². The molecule has 0 aliphatic rings. The number of aliphatic hydroxyl groups is 1. The highest BCUT2D eigenvalue weighted by Crippen LogP contribution is 2.01. The summed E-state index contributed by atoms with van der Waals surface area (Å²) in [5.74, 6) is -0.118. The topological polar surface area (TPSA) is 67.2 Å². The number of aryl methyl sites for hydroxylation is 2. The Bertz CT molecular complexity index is 356. The van der Waals surface area contributed by atoms with Crippen LogP contribution in [0.15, 0.2) is 6.07 Å². The van der Waals surface area contributed by atoms with E-state index in [9.17, 15) is 4.79 Å². The van der Waals surface area contributed by atoms with Gasteiger partial charge in [0, 0.05) is 5.69 Å². The van der Waals surface area contributed by atoms with Gasteiger partial charge in [0.15, 0.2) is 0 Å². The zero-order valence-electron chi connectivity index (χ0n) is 10.0. The maximum atomic E-state index is 11.6. The molecule has 1 rings (SSSR count). The van der Waals surface area contributed by atoms with Crippen LogP contribution in [0.25, 0.3) is 0 Å². The van der Waals surface area contributed by atoms with Crippen molar-refractivity contribution in [2.24, 2.45) is 0 Å². The van der Waals surface area contributed by atoms with E-state index >= 15 is 0 Å². The second-order valence-corrected chi connectivity index (χ2v) is 3.94. The van der Waals surface area contributed by atoms with Crippen LogP contribution in [0, 0.1) is 13.8 Å². The van der Waals surface area contributed by atoms with E-state index in [0.717, 1.165) is 17.8 Å². The van der Waals surface area contributed by atoms with Gasteiger partial charge in [0.05, 0.1) is 18.3 Å². The highest BCUT2D eigenvalue weighted by molar-refractivity contribution is 5.76. The van der Waals surface area contributed by atoms with Gasteiger partial charge in [-0.25, -0.2) is 0 Å². The molecule has 1 atom stereocenters. The highest BCUT2D eigenvalue weighted by atomic mass is 16.3. The molecule has 0 spiro atoms. The van der Waals surface area contributed by atoms with Crippen molar-refractivity contribution >= 4 is 5.91 Å². The summed E-state index contributed by atoms with van der Waals surface area (Å²) in [6.07, 6.45) is 0.722. The van der Waals surface area contributed by atoms with E-state index < -0.39 is 0 Å². The zero-order valence-corrected chi connectivity index (χ0v) is 10.0. The van der Waals surface area contributed by atoms with Crippen molar-refractivity contribution in [2.75, 3.05) is 6.61 Å². The third kappa shape index (κ3) is 3.34. The first-order valence-electron chi connectivity index (χ1n) is 5.48. The van der Waals surface area contributed by atoms with E-state index in [4.69, 9.17) is 5.11 Å². The number of aliphatic hydroxyl groups excluding tert-OH is 1. The van der Waals surface area contributed by atoms with Gasteiger partial charge in [-0.3, -0.25) is 9.48 Å². The number of carbonyl (C=O) groups excluding carboxylic acids is 1. The van der Waals surface area contributed by atoms with Gasteiger partial charge in [0.25, 0.3) is 0 Å². The normalized spacial score (nSPS) is 12.5. The van der Waals surface area contributed by atoms with Crippen molar-refractivity contribution < 1.29 is 9.90 Å². The van der Waals surface area contributed by atoms with Crippen molar-refractivity contribution in [3.63, 3.8) is 0 Å². The van der Waals surface area contributed by atoms with Gasteiger partial charge in [-0.2, -0.15) is 5.10 Å². The molecule has 0 aliphatic heterocycles. The number of carbonyl (C=O) groups is 1. The number of hydrogen-bond acceptors (Lipinski definition) is 3. The van der Waals surface area contributed by atoms with E-state index in [-0.39, 0.29) is 25.1 Å². The van der Waals surface area contributed by atoms with Crippen LogP contribution in [0.1, 0.15) is 24.7 Å². The summed E-state index contributed by atoms with van der Waals surface area (Å²) >= 11 is 0. The average molecular weight is 225 g/mol. The van der Waals surface area contributed by atoms with Gasteiger partial charge in [-0.1, -0.05) is 6.92 Å². The minimum atomic E-state index is -0.163. The summed E-state index contributed by atoms with van der Waals surface area (Å²) in [5, 5.41) is 15.9. The van der Waals surface area contributed by atoms with Crippen LogP contribution < -0.4 is 5.32 Å². The SMILES string of the molecule is CC[C@@H](CO)NC(=O)Cn1nc(C)cc1C. The third-order valence-electron chi connectivity index (χ3n) is 2.48. The summed E-state index contributed by atoms with van der Waals surface area (Å²) in [6.45, 7) is 5.90. The lowest BCUT2D eigenvalue weighted by Crippen LogP contribution is -2.39. The van der Waals surface area contributed by atoms with Gasteiger partial charge in [-0.15, -0.1) is 0 Å². The standard InChI is InChI=1S/C11H19N3O2/c1-4-10(7-15)12-11(16)6-14-9(3)5-8(2)13-14/h5,10,15H,4,6-7H2,1-3H3,(H,12,16)/t10-/m0/s1. The molecule has 1 aromatic heterocycles. The van der Waals surface area contributed by atoms with E-state index in [0.29, 0.717) is 0 Å². The summed E-state index contributed by atoms with van der Waals surface area (Å²) in [4.78, 5) is 11.6. The lowest BCUT2D eigenvalue weighted by molar-refractivity contribution is -0.122. The average Bonchev–Trinajstić information content (AvgIpc) is 2.54. The largest absolute Gasteiger partial charge is 0.394 e. The molecule has 0 fully saturated rings. The number of nitrogens with one attached hydrogen (secondary N) is 1. The van der Waals surface area contributed by atoms with Gasteiger partial charge < -0.3 is 10.4 Å². The minimum absolute atomic E-state index is 0.0284. The Morgan fingerprint density at radius 1 is 1.62 bits per heavy atom. The molecule has 16 heavy (non-hydrogen) atoms. The van der Waals surface area contributed by atoms with Crippen LogP contribution in [0.3, 0.4) is 0 Å². The van der Waals surface area contributed by atoms with Crippen LogP contribution >= 0.6 is 0 Å². The number of amides is 1. The minimum Gasteiger partial charge on any atom is -0.394 e. The smallest absolute Gasteiger partial charge is 0.242 e. The van der Waals surface area contributed by atoms with Gasteiger partial charge in [0.2, 0.25) is 5.91 Å². The fourth-order valence-corrected chi connectivity index (χ4v) is 1.52. The van der Waals surface area contributed by atoms with E-state index in [1.807, 2.05) is 26.8 Å². The van der Waals surface area contributed by atoms with E-state index in [1.54, 1.807) is 4.68 Å². The van der Waals surface area contributed by atoms with Crippen molar-refractivity contribution in [3.05, 3.63) is 17.5 Å². The number of aromatic nitrogens is 2. The fourth-order valence-electron chi connectivity index (χ4n) is 1.52. The lowest BCUT2D eigenvalue weighted by atomic mass is 10.2. The Balaban J connectivity index is 2.54. The Morgan fingerprint density at radius 2 is 2.31 bits per heavy atom. The predicted molar refractivity (Wildman–Crippen MR) is 61.0 cm³/mol. The first-order valence-corrected chi connectivity index (χ1v) is 5.48. The maximum absolute atomic E-state index is 11.6. The second kappa shape index (κ2) is 5.65. The highest BCUT2D eigenvalue weighted by Gasteiger charge is 2.11. The molecule has 0 saturated heterocycles. The molecule has 1 aromatic rings. The molecule has 1 amide bonds. The first-order chi connectivity index (χ1) is 7.56. The molecule has 0 unspecified atom stereocenters. The van der Waals surface area contributed by atoms with Crippen molar-refractivity contribution in [2.45, 2.75) is 39.8 Å². The molecule has 0 saturated carbocycles. The Labute approximate surface area is 95.5 Å². The summed E-state index contributed by atoms with van der Waals surface area (Å²) < 4.78 is 1.66. The summed E-state index contributed by atoms with van der Waals surface area (Å²) in [6, 6.07) is 1.76. The van der Waals surface area contributed by atoms with Gasteiger partial charge in [0.1, 0.15) is 6.54 Å². The summed E-state index contributed by atoms with van der Waals surface area (Å²) in [7, 11) is 0. The molecule has 0 aliphatic carbocycles.